The highest BCUT2D eigenvalue weighted by Crippen LogP contribution is 2.12. The summed E-state index contributed by atoms with van der Waals surface area (Å²) in [4.78, 5) is 13.9. The van der Waals surface area contributed by atoms with Crippen molar-refractivity contribution in [3.63, 3.8) is 0 Å². The average Bonchev–Trinajstić information content (AvgIpc) is 2.94. The molecular weight excluding hydrogens is 248 g/mol. The number of hydrogen-bond acceptors (Lipinski definition) is 7. The highest BCUT2D eigenvalue weighted by Gasteiger charge is 2.23. The van der Waals surface area contributed by atoms with Crippen molar-refractivity contribution in [1.82, 2.24) is 29.9 Å². The molecule has 19 heavy (non-hydrogen) atoms. The summed E-state index contributed by atoms with van der Waals surface area (Å²) < 4.78 is 1.93. The lowest BCUT2D eigenvalue weighted by Gasteiger charge is -2.26. The van der Waals surface area contributed by atoms with E-state index in [1.165, 1.54) is 0 Å². The molecule has 1 aliphatic heterocycles. The Morgan fingerprint density at radius 3 is 2.89 bits per heavy atom. The molecule has 0 bridgehead atoms. The molecule has 0 aliphatic carbocycles. The zero-order chi connectivity index (χ0) is 13.2. The predicted molar refractivity (Wildman–Crippen MR) is 64.6 cm³/mol. The molecule has 0 radical (unpaired) electrons. The Morgan fingerprint density at radius 1 is 1.26 bits per heavy atom. The lowest BCUT2D eigenvalue weighted by molar-refractivity contribution is 0.0700. The first-order chi connectivity index (χ1) is 9.28. The van der Waals surface area contributed by atoms with Gasteiger partial charge in [0.05, 0.1) is 6.54 Å². The van der Waals surface area contributed by atoms with Crippen molar-refractivity contribution in [3.05, 3.63) is 30.0 Å². The summed E-state index contributed by atoms with van der Waals surface area (Å²) in [6, 6.07) is 3.19. The van der Waals surface area contributed by atoms with Crippen LogP contribution >= 0.6 is 0 Å². The van der Waals surface area contributed by atoms with Gasteiger partial charge in [-0.15, -0.1) is 20.4 Å². The first-order valence-electron chi connectivity index (χ1n) is 5.74. The largest absolute Gasteiger partial charge is 0.328 e. The van der Waals surface area contributed by atoms with Crippen molar-refractivity contribution in [1.29, 1.82) is 0 Å². The van der Waals surface area contributed by atoms with Crippen LogP contribution < -0.4 is 11.3 Å². The van der Waals surface area contributed by atoms with E-state index in [2.05, 4.69) is 25.8 Å². The Kier molecular flexibility index (Phi) is 2.80. The number of carbonyl (C=O) groups excluding carboxylic acids is 1. The highest BCUT2D eigenvalue weighted by molar-refractivity contribution is 5.92. The number of aromatic nitrogens is 5. The fraction of sp³-hybridized carbons (Fsp3) is 0.300. The minimum atomic E-state index is -0.176. The Hall–Kier alpha value is -2.55. The molecule has 0 saturated heterocycles. The predicted octanol–water partition coefficient (Wildman–Crippen LogP) is -0.990. The van der Waals surface area contributed by atoms with Gasteiger partial charge in [0.2, 0.25) is 0 Å². The fourth-order valence-electron chi connectivity index (χ4n) is 1.92. The number of nitrogens with one attached hydrogen (secondary N) is 1. The topological polar surface area (TPSA) is 115 Å². The van der Waals surface area contributed by atoms with Gasteiger partial charge in [0.25, 0.3) is 5.91 Å². The second-order valence-electron chi connectivity index (χ2n) is 4.12. The molecule has 0 aromatic carbocycles. The monoisotopic (exact) mass is 260 g/mol. The number of fused-ring (bicyclic) bond motifs is 1. The van der Waals surface area contributed by atoms with Gasteiger partial charge in [-0.25, -0.2) is 5.84 Å². The summed E-state index contributed by atoms with van der Waals surface area (Å²) in [7, 11) is 0. The van der Waals surface area contributed by atoms with Gasteiger partial charge in [0, 0.05) is 13.1 Å². The lowest BCUT2D eigenvalue weighted by atomic mass is 10.3. The van der Waals surface area contributed by atoms with Gasteiger partial charge in [-0.1, -0.05) is 0 Å². The Bertz CT molecular complexity index is 592. The van der Waals surface area contributed by atoms with Crippen LogP contribution in [0.5, 0.6) is 0 Å². The van der Waals surface area contributed by atoms with Crippen LogP contribution in [0.15, 0.2) is 18.5 Å². The SMILES string of the molecule is NNc1ccc(C(=O)N2CCn3cnnc3C2)nn1. The van der Waals surface area contributed by atoms with Crippen LogP contribution in [0.2, 0.25) is 0 Å². The van der Waals surface area contributed by atoms with Gasteiger partial charge in [0.15, 0.2) is 17.3 Å². The first kappa shape index (κ1) is 11.5. The van der Waals surface area contributed by atoms with Crippen LogP contribution in [-0.2, 0) is 13.1 Å². The first-order valence-corrected chi connectivity index (χ1v) is 5.74. The van der Waals surface area contributed by atoms with E-state index < -0.39 is 0 Å². The van der Waals surface area contributed by atoms with Crippen molar-refractivity contribution >= 4 is 11.7 Å². The molecule has 3 heterocycles. The second kappa shape index (κ2) is 4.61. The number of nitrogens with two attached hydrogens (primary N) is 1. The van der Waals surface area contributed by atoms with E-state index >= 15 is 0 Å². The molecule has 3 rings (SSSR count). The maximum atomic E-state index is 12.2. The highest BCUT2D eigenvalue weighted by atomic mass is 16.2. The van der Waals surface area contributed by atoms with E-state index in [1.807, 2.05) is 4.57 Å². The molecule has 9 heteroatoms. The number of rotatable bonds is 2. The molecule has 0 unspecified atom stereocenters. The molecule has 0 spiro atoms. The molecule has 0 fully saturated rings. The molecule has 1 aliphatic rings. The van der Waals surface area contributed by atoms with E-state index in [-0.39, 0.29) is 11.6 Å². The lowest BCUT2D eigenvalue weighted by Crippen LogP contribution is -2.38. The van der Waals surface area contributed by atoms with E-state index in [4.69, 9.17) is 5.84 Å². The standard InChI is InChI=1S/C10H12N8O/c11-13-8-2-1-7(14-15-8)10(19)17-3-4-18-6-12-16-9(18)5-17/h1-2,6H,3-5,11H2,(H,13,15). The maximum absolute atomic E-state index is 12.2. The van der Waals surface area contributed by atoms with Crippen LogP contribution in [0, 0.1) is 0 Å². The molecule has 9 nitrogen and oxygen atoms in total. The van der Waals surface area contributed by atoms with Crippen LogP contribution in [0.1, 0.15) is 16.3 Å². The average molecular weight is 260 g/mol. The fourth-order valence-corrected chi connectivity index (χ4v) is 1.92. The summed E-state index contributed by atoms with van der Waals surface area (Å²) in [5.41, 5.74) is 2.65. The van der Waals surface area contributed by atoms with Crippen LogP contribution in [-0.4, -0.2) is 42.3 Å². The molecule has 3 N–H and O–H groups in total. The van der Waals surface area contributed by atoms with Crippen molar-refractivity contribution in [2.45, 2.75) is 13.1 Å². The Balaban J connectivity index is 1.77. The van der Waals surface area contributed by atoms with Crippen LogP contribution in [0.4, 0.5) is 5.82 Å². The van der Waals surface area contributed by atoms with E-state index in [1.54, 1.807) is 23.4 Å². The summed E-state index contributed by atoms with van der Waals surface area (Å²) >= 11 is 0. The zero-order valence-corrected chi connectivity index (χ0v) is 10.0. The molecule has 1 amide bonds. The summed E-state index contributed by atoms with van der Waals surface area (Å²) in [6.07, 6.45) is 1.67. The quantitative estimate of drug-likeness (QED) is 0.526. The minimum Gasteiger partial charge on any atom is -0.328 e. The zero-order valence-electron chi connectivity index (χ0n) is 10.0. The van der Waals surface area contributed by atoms with E-state index in [9.17, 15) is 4.79 Å². The Labute approximate surface area is 108 Å². The van der Waals surface area contributed by atoms with Crippen molar-refractivity contribution in [2.24, 2.45) is 5.84 Å². The number of anilines is 1. The normalized spacial score (nSPS) is 14.1. The van der Waals surface area contributed by atoms with E-state index in [0.29, 0.717) is 25.5 Å². The number of hydrogen-bond donors (Lipinski definition) is 2. The Morgan fingerprint density at radius 2 is 2.16 bits per heavy atom. The van der Waals surface area contributed by atoms with Gasteiger partial charge in [-0.3, -0.25) is 4.79 Å². The van der Waals surface area contributed by atoms with Crippen LogP contribution in [0.3, 0.4) is 0 Å². The van der Waals surface area contributed by atoms with Gasteiger partial charge in [-0.2, -0.15) is 0 Å². The summed E-state index contributed by atoms with van der Waals surface area (Å²) in [5, 5.41) is 15.4. The number of nitrogen functional groups attached to an aromatic ring is 1. The minimum absolute atomic E-state index is 0.176. The number of carbonyl (C=O) groups is 1. The summed E-state index contributed by atoms with van der Waals surface area (Å²) in [5.74, 6) is 6.20. The third kappa shape index (κ3) is 2.10. The van der Waals surface area contributed by atoms with Crippen molar-refractivity contribution in [2.75, 3.05) is 12.0 Å². The number of nitrogens with zero attached hydrogens (tertiary/aromatic N) is 6. The molecule has 0 atom stereocenters. The number of hydrazine groups is 1. The molecule has 98 valence electrons. The molecule has 2 aromatic heterocycles. The second-order valence-corrected chi connectivity index (χ2v) is 4.12. The molecular formula is C10H12N8O. The van der Waals surface area contributed by atoms with Crippen molar-refractivity contribution < 1.29 is 4.79 Å². The summed E-state index contributed by atoms with van der Waals surface area (Å²) in [6.45, 7) is 1.71. The van der Waals surface area contributed by atoms with Gasteiger partial charge < -0.3 is 14.9 Å². The third-order valence-corrected chi connectivity index (χ3v) is 2.96. The molecule has 2 aromatic rings. The van der Waals surface area contributed by atoms with Crippen LogP contribution in [0.25, 0.3) is 0 Å². The van der Waals surface area contributed by atoms with Gasteiger partial charge in [0.1, 0.15) is 6.33 Å². The van der Waals surface area contributed by atoms with Crippen molar-refractivity contribution in [3.8, 4) is 0 Å². The van der Waals surface area contributed by atoms with E-state index in [0.717, 1.165) is 5.82 Å². The van der Waals surface area contributed by atoms with Gasteiger partial charge >= 0.3 is 0 Å². The smallest absolute Gasteiger partial charge is 0.274 e. The number of amides is 1. The maximum Gasteiger partial charge on any atom is 0.274 e. The van der Waals surface area contributed by atoms with Gasteiger partial charge in [-0.05, 0) is 12.1 Å². The third-order valence-electron chi connectivity index (χ3n) is 2.96. The molecule has 0 saturated carbocycles.